The molecule has 0 saturated carbocycles. The van der Waals surface area contributed by atoms with E-state index < -0.39 is 36.6 Å². The van der Waals surface area contributed by atoms with E-state index in [4.69, 9.17) is 20.2 Å². The molecule has 0 amide bonds. The Bertz CT molecular complexity index is 595. The maximum Gasteiger partial charge on any atom is 0.267 e. The summed E-state index contributed by atoms with van der Waals surface area (Å²) in [7, 11) is -0.454. The molecule has 0 spiro atoms. The van der Waals surface area contributed by atoms with Crippen molar-refractivity contribution in [2.75, 3.05) is 81.1 Å². The van der Waals surface area contributed by atoms with Crippen molar-refractivity contribution in [3.63, 3.8) is 0 Å². The number of carboxylic acid groups (broad SMARTS) is 1. The van der Waals surface area contributed by atoms with Crippen molar-refractivity contribution < 1.29 is 71.1 Å². The van der Waals surface area contributed by atoms with Gasteiger partial charge in [-0.25, -0.2) is 8.42 Å². The van der Waals surface area contributed by atoms with Crippen molar-refractivity contribution >= 4 is 23.9 Å². The lowest BCUT2D eigenvalue weighted by Gasteiger charge is -2.27. The summed E-state index contributed by atoms with van der Waals surface area (Å²) in [6, 6.07) is 0. The van der Waals surface area contributed by atoms with Crippen LogP contribution in [0.15, 0.2) is 0 Å². The van der Waals surface area contributed by atoms with Crippen molar-refractivity contribution in [2.24, 2.45) is 0 Å². The van der Waals surface area contributed by atoms with Crippen molar-refractivity contribution in [1.82, 2.24) is 5.32 Å². The number of aliphatic hydroxyl groups is 3. The van der Waals surface area contributed by atoms with Gasteiger partial charge in [-0.1, -0.05) is 6.61 Å². The zero-order valence-corrected chi connectivity index (χ0v) is 19.9. The Morgan fingerprint density at radius 3 is 1.58 bits per heavy atom. The molecule has 0 aliphatic rings. The molecule has 31 heavy (non-hydrogen) atoms. The number of phosphoric ester groups is 1. The van der Waals surface area contributed by atoms with Gasteiger partial charge in [-0.05, 0) is 7.05 Å². The number of hydrogen-bond donors (Lipinski definition) is 5. The first kappa shape index (κ1) is 37.5. The third-order valence-corrected chi connectivity index (χ3v) is 3.65. The number of carbonyl (C=O) groups excluding carboxylic acids is 1. The summed E-state index contributed by atoms with van der Waals surface area (Å²) < 4.78 is 42.1. The van der Waals surface area contributed by atoms with Crippen LogP contribution in [-0.4, -0.2) is 129 Å². The first-order valence-electron chi connectivity index (χ1n) is 8.23. The summed E-state index contributed by atoms with van der Waals surface area (Å²) >= 11 is 0. The molecule has 0 aromatic carbocycles. The smallest absolute Gasteiger partial charge is 0.267 e. The molecule has 0 rings (SSSR count). The molecule has 192 valence electrons. The van der Waals surface area contributed by atoms with E-state index in [1.165, 1.54) is 7.05 Å². The summed E-state index contributed by atoms with van der Waals surface area (Å²) in [5.41, 5.74) is 0. The number of likely N-dealkylation sites (N-methyl/N-ethyl adjacent to an activating group) is 2. The second-order valence-electron chi connectivity index (χ2n) is 6.89. The first-order valence-corrected chi connectivity index (χ1v) is 11.3. The molecule has 18 heteroatoms. The normalized spacial score (nSPS) is 13.3. The largest absolute Gasteiger partial charge is 0.850 e. The maximum atomic E-state index is 9.98. The van der Waals surface area contributed by atoms with Gasteiger partial charge in [-0.3, -0.25) is 9.09 Å². The highest BCUT2D eigenvalue weighted by molar-refractivity contribution is 7.85. The molecule has 0 heterocycles. The molecule has 0 aromatic rings. The molecule has 1 unspecified atom stereocenters. The number of rotatable bonds is 10. The highest BCUT2D eigenvalue weighted by atomic mass is 32.2. The van der Waals surface area contributed by atoms with Crippen molar-refractivity contribution in [3.8, 4) is 0 Å². The van der Waals surface area contributed by atoms with Gasteiger partial charge in [0.15, 0.2) is 20.3 Å². The Morgan fingerprint density at radius 2 is 1.52 bits per heavy atom. The average Bonchev–Trinajstić information content (AvgIpc) is 2.53. The standard InChI is InChI=1S/C5H11NO3.C5H13NO2.C2H7NO3S.CH5O5P/c1-6(2,4-7)3-5(8)9;1-6(2,5-8)3-4-7;1-3-2-7(4,5)6;2-1-6-7(3,4)5/h7H,3-4H2,1-2H3;8H,3-5H2,1-2H3;3H,2H2,1H3,(H,4,5,6);2H,1H2,(H2,3,4,5)/p-2. The van der Waals surface area contributed by atoms with Crippen LogP contribution in [0.4, 0.5) is 0 Å². The van der Waals surface area contributed by atoms with Gasteiger partial charge in [0.1, 0.15) is 16.7 Å². The Kier molecular flexibility index (Phi) is 22.7. The lowest BCUT2D eigenvalue weighted by atomic mass is 10.5. The van der Waals surface area contributed by atoms with Gasteiger partial charge in [0.05, 0.1) is 46.6 Å². The van der Waals surface area contributed by atoms with Crippen LogP contribution < -0.4 is 20.4 Å². The van der Waals surface area contributed by atoms with Gasteiger partial charge < -0.3 is 58.9 Å². The fourth-order valence-corrected chi connectivity index (χ4v) is 1.47. The minimum Gasteiger partial charge on any atom is -0.850 e. The highest BCUT2D eigenvalue weighted by Crippen LogP contribution is 2.28. The SMILES string of the molecule is CNCS(=O)(=O)[O-].C[N+](C)(CO)CC(=O)[O-].C[N+](C)(CO)CC[O-].O=P([O-])(O)OCO. The number of aliphatic carboxylic acids is 1. The maximum absolute atomic E-state index is 9.98. The topological polar surface area (TPSA) is 263 Å². The lowest BCUT2D eigenvalue weighted by Crippen LogP contribution is -2.48. The van der Waals surface area contributed by atoms with E-state index in [0.29, 0.717) is 11.0 Å². The summed E-state index contributed by atoms with van der Waals surface area (Å²) in [5, 5.41) is 46.9. The number of carbonyl (C=O) groups is 1. The predicted octanol–water partition coefficient (Wildman–Crippen LogP) is -6.74. The number of nitrogens with one attached hydrogen (secondary N) is 1. The van der Waals surface area contributed by atoms with E-state index >= 15 is 0 Å². The third-order valence-electron chi connectivity index (χ3n) is 2.56. The third kappa shape index (κ3) is 43.8. The highest BCUT2D eigenvalue weighted by Gasteiger charge is 2.11. The van der Waals surface area contributed by atoms with Gasteiger partial charge in [-0.2, -0.15) is 0 Å². The van der Waals surface area contributed by atoms with E-state index in [2.05, 4.69) is 9.84 Å². The van der Waals surface area contributed by atoms with E-state index in [-0.39, 0.29) is 31.1 Å². The summed E-state index contributed by atoms with van der Waals surface area (Å²) in [4.78, 5) is 27.0. The first-order chi connectivity index (χ1) is 13.7. The van der Waals surface area contributed by atoms with Crippen LogP contribution in [0.2, 0.25) is 0 Å². The molecule has 0 radical (unpaired) electrons. The zero-order chi connectivity index (χ0) is 25.9. The molecule has 1 atom stereocenters. The van der Waals surface area contributed by atoms with Crippen molar-refractivity contribution in [1.29, 1.82) is 0 Å². The Labute approximate surface area is 182 Å². The Morgan fingerprint density at radius 1 is 1.10 bits per heavy atom. The molecule has 0 saturated heterocycles. The van der Waals surface area contributed by atoms with Crippen LogP contribution in [-0.2, 0) is 24.0 Å². The van der Waals surface area contributed by atoms with E-state index in [9.17, 15) is 37.4 Å². The minimum atomic E-state index is -4.67. The monoisotopic (exact) mass is 503 g/mol. The molecule has 0 bridgehead atoms. The molecule has 16 nitrogen and oxygen atoms in total. The molecule has 0 aliphatic carbocycles. The molecule has 0 fully saturated rings. The van der Waals surface area contributed by atoms with Gasteiger partial charge in [0.25, 0.3) is 7.82 Å². The van der Waals surface area contributed by atoms with Gasteiger partial charge in [0.2, 0.25) is 0 Å². The molecule has 0 aliphatic heterocycles. The van der Waals surface area contributed by atoms with Crippen LogP contribution in [0.5, 0.6) is 0 Å². The second kappa shape index (κ2) is 18.8. The fraction of sp³-hybridized carbons (Fsp3) is 0.923. The van der Waals surface area contributed by atoms with Gasteiger partial charge in [-0.15, -0.1) is 0 Å². The van der Waals surface area contributed by atoms with E-state index in [1.807, 2.05) is 14.1 Å². The van der Waals surface area contributed by atoms with Gasteiger partial charge >= 0.3 is 0 Å². The predicted molar refractivity (Wildman–Crippen MR) is 99.6 cm³/mol. The average molecular weight is 503 g/mol. The van der Waals surface area contributed by atoms with Crippen LogP contribution in [0.3, 0.4) is 0 Å². The second-order valence-corrected chi connectivity index (χ2v) is 9.49. The molecule has 5 N–H and O–H groups in total. The Balaban J connectivity index is -0.000000158. The van der Waals surface area contributed by atoms with Gasteiger partial charge in [0, 0.05) is 0 Å². The lowest BCUT2D eigenvalue weighted by molar-refractivity contribution is -0.913. The van der Waals surface area contributed by atoms with E-state index in [1.54, 1.807) is 14.1 Å². The Hall–Kier alpha value is -0.790. The minimum absolute atomic E-state index is 0.0439. The van der Waals surface area contributed by atoms with Crippen LogP contribution in [0.1, 0.15) is 0 Å². The number of hydrogen-bond acceptors (Lipinski definition) is 13. The molecular weight excluding hydrogens is 469 g/mol. The zero-order valence-electron chi connectivity index (χ0n) is 18.2. The fourth-order valence-electron chi connectivity index (χ4n) is 0.967. The number of aliphatic hydroxyl groups excluding tert-OH is 3. The van der Waals surface area contributed by atoms with Crippen molar-refractivity contribution in [2.45, 2.75) is 0 Å². The summed E-state index contributed by atoms with van der Waals surface area (Å²) in [5.74, 6) is -1.64. The number of carboxylic acids is 1. The van der Waals surface area contributed by atoms with Crippen LogP contribution in [0, 0.1) is 0 Å². The summed E-state index contributed by atoms with van der Waals surface area (Å²) in [6.07, 6.45) is 0. The number of quaternary nitrogens is 2. The summed E-state index contributed by atoms with van der Waals surface area (Å²) in [6.45, 7) is -0.936. The number of nitrogens with zero attached hydrogens (tertiary/aromatic N) is 2. The number of phosphoric acid groups is 1. The van der Waals surface area contributed by atoms with Crippen LogP contribution in [0.25, 0.3) is 0 Å². The van der Waals surface area contributed by atoms with Crippen molar-refractivity contribution in [3.05, 3.63) is 0 Å². The molecule has 0 aromatic heterocycles. The molecular formula is C13H34N3O13PS-2. The van der Waals surface area contributed by atoms with E-state index in [0.717, 1.165) is 0 Å². The van der Waals surface area contributed by atoms with Crippen LogP contribution >= 0.6 is 7.82 Å². The quantitative estimate of drug-likeness (QED) is 0.0803.